The molecule has 1 heterocycles. The van der Waals surface area contributed by atoms with E-state index >= 15 is 0 Å². The summed E-state index contributed by atoms with van der Waals surface area (Å²) in [5.74, 6) is -0.0955. The third-order valence-electron chi connectivity index (χ3n) is 3.64. The molecule has 3 heteroatoms. The number of carbonyl (C=O) groups excluding carboxylic acids is 1. The van der Waals surface area contributed by atoms with Crippen LogP contribution in [0.2, 0.25) is 0 Å². The van der Waals surface area contributed by atoms with Gasteiger partial charge in [0.1, 0.15) is 0 Å². The lowest BCUT2D eigenvalue weighted by Crippen LogP contribution is -2.23. The molecule has 3 rings (SSSR count). The molecule has 3 aromatic rings. The van der Waals surface area contributed by atoms with E-state index in [0.29, 0.717) is 12.1 Å². The van der Waals surface area contributed by atoms with E-state index in [-0.39, 0.29) is 5.91 Å². The Kier molecular flexibility index (Phi) is 5.15. The predicted octanol–water partition coefficient (Wildman–Crippen LogP) is 3.94. The van der Waals surface area contributed by atoms with Crippen molar-refractivity contribution in [2.45, 2.75) is 6.54 Å². The molecule has 0 aliphatic carbocycles. The number of nitrogens with zero attached hydrogens (tertiary/aromatic N) is 1. The van der Waals surface area contributed by atoms with E-state index in [9.17, 15) is 4.79 Å². The molecule has 0 aliphatic rings. The van der Waals surface area contributed by atoms with E-state index in [2.05, 4.69) is 10.3 Å². The predicted molar refractivity (Wildman–Crippen MR) is 96.8 cm³/mol. The maximum absolute atomic E-state index is 12.7. The van der Waals surface area contributed by atoms with Gasteiger partial charge in [-0.1, -0.05) is 60.7 Å². The van der Waals surface area contributed by atoms with Crippen LogP contribution in [-0.4, -0.2) is 10.9 Å². The third kappa shape index (κ3) is 4.17. The van der Waals surface area contributed by atoms with E-state index in [4.69, 9.17) is 0 Å². The molecule has 0 saturated carbocycles. The smallest absolute Gasteiger partial charge is 0.252 e. The van der Waals surface area contributed by atoms with Crippen LogP contribution >= 0.6 is 0 Å². The minimum absolute atomic E-state index is 0.0955. The Hall–Kier alpha value is -3.20. The van der Waals surface area contributed by atoms with Crippen LogP contribution in [0.3, 0.4) is 0 Å². The largest absolute Gasteiger partial charge is 0.348 e. The summed E-state index contributed by atoms with van der Waals surface area (Å²) >= 11 is 0. The number of benzene rings is 2. The maximum atomic E-state index is 12.7. The second-order valence-corrected chi connectivity index (χ2v) is 5.37. The minimum atomic E-state index is -0.0955. The SMILES string of the molecule is O=C(NCc1ccncc1)C(=Cc1ccccc1)c1ccccc1. The molecule has 0 fully saturated rings. The fourth-order valence-corrected chi connectivity index (χ4v) is 2.39. The van der Waals surface area contributed by atoms with Crippen molar-refractivity contribution >= 4 is 17.6 Å². The number of pyridine rings is 1. The van der Waals surface area contributed by atoms with Gasteiger partial charge in [-0.25, -0.2) is 0 Å². The van der Waals surface area contributed by atoms with Crippen LogP contribution < -0.4 is 5.32 Å². The zero-order chi connectivity index (χ0) is 16.6. The van der Waals surface area contributed by atoms with Crippen molar-refractivity contribution < 1.29 is 4.79 Å². The summed E-state index contributed by atoms with van der Waals surface area (Å²) in [5.41, 5.74) is 3.56. The van der Waals surface area contributed by atoms with Gasteiger partial charge in [0.15, 0.2) is 0 Å². The topological polar surface area (TPSA) is 42.0 Å². The molecule has 0 spiro atoms. The zero-order valence-corrected chi connectivity index (χ0v) is 13.2. The summed E-state index contributed by atoms with van der Waals surface area (Å²) in [5, 5.41) is 2.98. The molecular formula is C21H18N2O. The van der Waals surface area contributed by atoms with Crippen LogP contribution in [0.1, 0.15) is 16.7 Å². The van der Waals surface area contributed by atoms with Crippen LogP contribution in [0.25, 0.3) is 11.6 Å². The Morgan fingerprint density at radius 2 is 1.50 bits per heavy atom. The van der Waals surface area contributed by atoms with E-state index in [1.807, 2.05) is 78.9 Å². The van der Waals surface area contributed by atoms with Gasteiger partial charge in [0, 0.05) is 24.5 Å². The molecule has 3 nitrogen and oxygen atoms in total. The lowest BCUT2D eigenvalue weighted by molar-refractivity contribution is -0.115. The first kappa shape index (κ1) is 15.7. The molecule has 0 unspecified atom stereocenters. The fraction of sp³-hybridized carbons (Fsp3) is 0.0476. The molecule has 1 N–H and O–H groups in total. The quantitative estimate of drug-likeness (QED) is 0.572. The molecule has 0 atom stereocenters. The van der Waals surface area contributed by atoms with E-state index in [0.717, 1.165) is 16.7 Å². The highest BCUT2D eigenvalue weighted by Crippen LogP contribution is 2.18. The van der Waals surface area contributed by atoms with Gasteiger partial charge in [-0.2, -0.15) is 0 Å². The summed E-state index contributed by atoms with van der Waals surface area (Å²) in [4.78, 5) is 16.7. The standard InChI is InChI=1S/C21H18N2O/c24-21(23-16-18-11-13-22-14-12-18)20(19-9-5-2-6-10-19)15-17-7-3-1-4-8-17/h1-15H,16H2,(H,23,24). The van der Waals surface area contributed by atoms with Gasteiger partial charge >= 0.3 is 0 Å². The second-order valence-electron chi connectivity index (χ2n) is 5.37. The van der Waals surface area contributed by atoms with E-state index in [1.54, 1.807) is 12.4 Å². The highest BCUT2D eigenvalue weighted by molar-refractivity contribution is 6.24. The summed E-state index contributed by atoms with van der Waals surface area (Å²) in [6.07, 6.45) is 5.36. The van der Waals surface area contributed by atoms with Gasteiger partial charge in [0.25, 0.3) is 5.91 Å². The van der Waals surface area contributed by atoms with Gasteiger partial charge in [-0.05, 0) is 34.9 Å². The first-order valence-electron chi connectivity index (χ1n) is 7.82. The van der Waals surface area contributed by atoms with Crippen molar-refractivity contribution in [1.82, 2.24) is 10.3 Å². The molecule has 1 aromatic heterocycles. The lowest BCUT2D eigenvalue weighted by atomic mass is 10.0. The average Bonchev–Trinajstić information content (AvgIpc) is 2.66. The van der Waals surface area contributed by atoms with Gasteiger partial charge in [0.2, 0.25) is 0 Å². The first-order valence-corrected chi connectivity index (χ1v) is 7.82. The molecule has 0 saturated heterocycles. The Bertz CT molecular complexity index is 812. The third-order valence-corrected chi connectivity index (χ3v) is 3.64. The van der Waals surface area contributed by atoms with E-state index in [1.165, 1.54) is 0 Å². The molecular weight excluding hydrogens is 296 g/mol. The first-order chi connectivity index (χ1) is 11.8. The highest BCUT2D eigenvalue weighted by Gasteiger charge is 2.11. The zero-order valence-electron chi connectivity index (χ0n) is 13.2. The number of aromatic nitrogens is 1. The van der Waals surface area contributed by atoms with Gasteiger partial charge in [-0.3, -0.25) is 9.78 Å². The molecule has 2 aromatic carbocycles. The number of nitrogens with one attached hydrogen (secondary N) is 1. The van der Waals surface area contributed by atoms with Crippen LogP contribution in [0, 0.1) is 0 Å². The molecule has 0 bridgehead atoms. The number of hydrogen-bond acceptors (Lipinski definition) is 2. The van der Waals surface area contributed by atoms with Crippen LogP contribution in [0.5, 0.6) is 0 Å². The molecule has 0 aliphatic heterocycles. The Balaban J connectivity index is 1.84. The summed E-state index contributed by atoms with van der Waals surface area (Å²) in [6, 6.07) is 23.3. The Morgan fingerprint density at radius 3 is 2.17 bits per heavy atom. The normalized spacial score (nSPS) is 11.1. The van der Waals surface area contributed by atoms with E-state index < -0.39 is 0 Å². The number of rotatable bonds is 5. The fourth-order valence-electron chi connectivity index (χ4n) is 2.39. The van der Waals surface area contributed by atoms with Crippen LogP contribution in [0.4, 0.5) is 0 Å². The van der Waals surface area contributed by atoms with Crippen molar-refractivity contribution in [2.24, 2.45) is 0 Å². The second kappa shape index (κ2) is 7.88. The van der Waals surface area contributed by atoms with Crippen molar-refractivity contribution in [3.05, 3.63) is 102 Å². The molecule has 0 radical (unpaired) electrons. The summed E-state index contributed by atoms with van der Waals surface area (Å²) in [7, 11) is 0. The monoisotopic (exact) mass is 314 g/mol. The van der Waals surface area contributed by atoms with Crippen LogP contribution in [-0.2, 0) is 11.3 Å². The Morgan fingerprint density at radius 1 is 0.875 bits per heavy atom. The highest BCUT2D eigenvalue weighted by atomic mass is 16.1. The maximum Gasteiger partial charge on any atom is 0.252 e. The minimum Gasteiger partial charge on any atom is -0.348 e. The number of amides is 1. The van der Waals surface area contributed by atoms with Gasteiger partial charge in [0.05, 0.1) is 0 Å². The lowest BCUT2D eigenvalue weighted by Gasteiger charge is -2.10. The van der Waals surface area contributed by atoms with Crippen molar-refractivity contribution in [3.63, 3.8) is 0 Å². The Labute approximate surface area is 141 Å². The van der Waals surface area contributed by atoms with Crippen molar-refractivity contribution in [2.75, 3.05) is 0 Å². The molecule has 1 amide bonds. The summed E-state index contributed by atoms with van der Waals surface area (Å²) < 4.78 is 0. The number of carbonyl (C=O) groups is 1. The average molecular weight is 314 g/mol. The van der Waals surface area contributed by atoms with Gasteiger partial charge in [-0.15, -0.1) is 0 Å². The molecule has 118 valence electrons. The van der Waals surface area contributed by atoms with Crippen LogP contribution in [0.15, 0.2) is 85.2 Å². The number of hydrogen-bond donors (Lipinski definition) is 1. The van der Waals surface area contributed by atoms with Gasteiger partial charge < -0.3 is 5.32 Å². The molecule has 24 heavy (non-hydrogen) atoms. The van der Waals surface area contributed by atoms with Crippen molar-refractivity contribution in [3.8, 4) is 0 Å². The summed E-state index contributed by atoms with van der Waals surface area (Å²) in [6.45, 7) is 0.473. The van der Waals surface area contributed by atoms with Crippen molar-refractivity contribution in [1.29, 1.82) is 0 Å².